The molecule has 1 aliphatic rings. The first-order chi connectivity index (χ1) is 17.8. The first-order valence-electron chi connectivity index (χ1n) is 12.1. The van der Waals surface area contributed by atoms with Gasteiger partial charge in [-0.3, -0.25) is 4.90 Å². The Hall–Kier alpha value is -3.69. The van der Waals surface area contributed by atoms with Crippen molar-refractivity contribution in [3.8, 4) is 0 Å². The number of piperazine rings is 1. The Morgan fingerprint density at radius 2 is 1.22 bits per heavy atom. The summed E-state index contributed by atoms with van der Waals surface area (Å²) in [6.07, 6.45) is 1.48. The van der Waals surface area contributed by atoms with E-state index in [1.807, 2.05) is 42.5 Å². The number of hydrogen-bond donors (Lipinski definition) is 2. The molecule has 1 fully saturated rings. The van der Waals surface area contributed by atoms with Gasteiger partial charge in [0.2, 0.25) is 0 Å². The van der Waals surface area contributed by atoms with E-state index in [0.717, 1.165) is 44.7 Å². The van der Waals surface area contributed by atoms with Crippen LogP contribution in [0.3, 0.4) is 0 Å². The van der Waals surface area contributed by atoms with E-state index in [-0.39, 0.29) is 0 Å². The van der Waals surface area contributed by atoms with Crippen LogP contribution in [-0.2, 0) is 19.4 Å². The Labute approximate surface area is 217 Å². The van der Waals surface area contributed by atoms with Crippen molar-refractivity contribution in [3.05, 3.63) is 96.6 Å². The molecule has 1 saturated heterocycles. The van der Waals surface area contributed by atoms with Gasteiger partial charge in [0.1, 0.15) is 0 Å². The highest BCUT2D eigenvalue weighted by molar-refractivity contribution is 7.91. The number of rotatable bonds is 8. The minimum atomic E-state index is -3.43. The zero-order chi connectivity index (χ0) is 26.7. The van der Waals surface area contributed by atoms with E-state index in [2.05, 4.69) is 34.1 Å². The van der Waals surface area contributed by atoms with Crippen LogP contribution in [0, 0.1) is 0 Å². The largest absolute Gasteiger partial charge is 0.473 e. The molecule has 0 aliphatic carbocycles. The van der Waals surface area contributed by atoms with Gasteiger partial charge in [-0.1, -0.05) is 66.7 Å². The van der Waals surface area contributed by atoms with E-state index in [9.17, 15) is 8.42 Å². The lowest BCUT2D eigenvalue weighted by molar-refractivity contribution is -0.159. The van der Waals surface area contributed by atoms with Gasteiger partial charge in [-0.2, -0.15) is 0 Å². The van der Waals surface area contributed by atoms with E-state index in [1.54, 1.807) is 24.3 Å². The standard InChI is InChI=1S/C26H30N2O2S.C2H2O4/c29-31(30,25-15-8-3-9-16-25)26(23-11-4-1-5-12-23)17-10-18-27-19-21-28(22-20-27)24-13-6-2-7-14-24;3-1(4)2(5)6/h1-9,11-16,26H,10,17-22H2;(H,3,4)(H,5,6). The van der Waals surface area contributed by atoms with E-state index in [1.165, 1.54) is 5.69 Å². The number of anilines is 1. The Kier molecular flexibility index (Phi) is 10.2. The molecule has 0 aromatic heterocycles. The van der Waals surface area contributed by atoms with Crippen LogP contribution < -0.4 is 4.90 Å². The van der Waals surface area contributed by atoms with Crippen molar-refractivity contribution in [2.75, 3.05) is 37.6 Å². The van der Waals surface area contributed by atoms with Crippen LogP contribution in [0.4, 0.5) is 5.69 Å². The lowest BCUT2D eigenvalue weighted by Gasteiger charge is -2.36. The number of carboxylic acid groups (broad SMARTS) is 2. The molecule has 0 bridgehead atoms. The zero-order valence-electron chi connectivity index (χ0n) is 20.5. The van der Waals surface area contributed by atoms with Crippen molar-refractivity contribution < 1.29 is 28.2 Å². The van der Waals surface area contributed by atoms with Crippen molar-refractivity contribution in [2.24, 2.45) is 0 Å². The molecule has 0 amide bonds. The molecule has 0 saturated carbocycles. The topological polar surface area (TPSA) is 115 Å². The van der Waals surface area contributed by atoms with Crippen LogP contribution in [-0.4, -0.2) is 68.2 Å². The number of benzene rings is 3. The maximum absolute atomic E-state index is 13.4. The maximum Gasteiger partial charge on any atom is 0.414 e. The van der Waals surface area contributed by atoms with E-state index >= 15 is 0 Å². The Balaban J connectivity index is 0.000000568. The molecule has 1 unspecified atom stereocenters. The third kappa shape index (κ3) is 8.16. The fourth-order valence-electron chi connectivity index (χ4n) is 4.31. The van der Waals surface area contributed by atoms with Crippen molar-refractivity contribution in [2.45, 2.75) is 23.0 Å². The minimum absolute atomic E-state index is 0.403. The molecule has 3 aromatic carbocycles. The SMILES string of the molecule is O=C(O)C(=O)O.O=S(=O)(c1ccccc1)C(CCCN1CCN(c2ccccc2)CC1)c1ccccc1. The first-order valence-corrected chi connectivity index (χ1v) is 13.7. The molecule has 1 atom stereocenters. The molecule has 2 N–H and O–H groups in total. The van der Waals surface area contributed by atoms with Gasteiger partial charge in [0.15, 0.2) is 9.84 Å². The molecular weight excluding hydrogens is 492 g/mol. The number of hydrogen-bond acceptors (Lipinski definition) is 6. The van der Waals surface area contributed by atoms with Crippen molar-refractivity contribution >= 4 is 27.5 Å². The van der Waals surface area contributed by atoms with Gasteiger partial charge in [-0.25, -0.2) is 18.0 Å². The first kappa shape index (κ1) is 27.9. The smallest absolute Gasteiger partial charge is 0.414 e. The third-order valence-corrected chi connectivity index (χ3v) is 8.42. The minimum Gasteiger partial charge on any atom is -0.473 e. The van der Waals surface area contributed by atoms with Crippen LogP contribution in [0.5, 0.6) is 0 Å². The second-order valence-electron chi connectivity index (χ2n) is 8.67. The summed E-state index contributed by atoms with van der Waals surface area (Å²) in [5.74, 6) is -3.65. The molecule has 196 valence electrons. The second kappa shape index (κ2) is 13.6. The molecule has 8 nitrogen and oxygen atoms in total. The summed E-state index contributed by atoms with van der Waals surface area (Å²) in [6, 6.07) is 29.0. The summed E-state index contributed by atoms with van der Waals surface area (Å²) in [5.41, 5.74) is 2.15. The van der Waals surface area contributed by atoms with E-state index in [4.69, 9.17) is 19.8 Å². The molecule has 1 heterocycles. The number of carbonyl (C=O) groups is 2. The van der Waals surface area contributed by atoms with E-state index in [0.29, 0.717) is 11.3 Å². The van der Waals surface area contributed by atoms with Crippen LogP contribution in [0.1, 0.15) is 23.7 Å². The molecule has 37 heavy (non-hydrogen) atoms. The monoisotopic (exact) mass is 524 g/mol. The van der Waals surface area contributed by atoms with Gasteiger partial charge in [0, 0.05) is 31.9 Å². The zero-order valence-corrected chi connectivity index (χ0v) is 21.3. The quantitative estimate of drug-likeness (QED) is 0.426. The Morgan fingerprint density at radius 3 is 1.73 bits per heavy atom. The summed E-state index contributed by atoms with van der Waals surface area (Å²) in [5, 5.41) is 14.3. The fraction of sp³-hybridized carbons (Fsp3) is 0.286. The van der Waals surface area contributed by atoms with E-state index < -0.39 is 27.0 Å². The van der Waals surface area contributed by atoms with Crippen molar-refractivity contribution in [1.82, 2.24) is 4.90 Å². The average Bonchev–Trinajstić information content (AvgIpc) is 2.93. The number of carboxylic acids is 2. The summed E-state index contributed by atoms with van der Waals surface area (Å²) in [6.45, 7) is 4.96. The Bertz CT molecular complexity index is 1220. The van der Waals surface area contributed by atoms with Gasteiger partial charge in [-0.15, -0.1) is 0 Å². The molecule has 4 rings (SSSR count). The van der Waals surface area contributed by atoms with Crippen LogP contribution in [0.15, 0.2) is 95.9 Å². The number of aliphatic carboxylic acids is 2. The summed E-state index contributed by atoms with van der Waals surface area (Å²) in [7, 11) is -3.43. The molecule has 0 spiro atoms. The van der Waals surface area contributed by atoms with Crippen LogP contribution >= 0.6 is 0 Å². The molecule has 9 heteroatoms. The number of sulfone groups is 1. The predicted molar refractivity (Wildman–Crippen MR) is 142 cm³/mol. The maximum atomic E-state index is 13.4. The second-order valence-corrected chi connectivity index (χ2v) is 10.8. The number of nitrogens with zero attached hydrogens (tertiary/aromatic N) is 2. The van der Waals surface area contributed by atoms with Crippen molar-refractivity contribution in [3.63, 3.8) is 0 Å². The van der Waals surface area contributed by atoms with Crippen molar-refractivity contribution in [1.29, 1.82) is 0 Å². The highest BCUT2D eigenvalue weighted by Crippen LogP contribution is 2.33. The summed E-state index contributed by atoms with van der Waals surface area (Å²) >= 11 is 0. The fourth-order valence-corrected chi connectivity index (χ4v) is 6.17. The predicted octanol–water partition coefficient (Wildman–Crippen LogP) is 3.96. The summed E-state index contributed by atoms with van der Waals surface area (Å²) < 4.78 is 26.8. The highest BCUT2D eigenvalue weighted by atomic mass is 32.2. The van der Waals surface area contributed by atoms with Crippen LogP contribution in [0.2, 0.25) is 0 Å². The molecular formula is C28H32N2O6S. The van der Waals surface area contributed by atoms with Gasteiger partial charge >= 0.3 is 11.9 Å². The van der Waals surface area contributed by atoms with Gasteiger partial charge in [0.25, 0.3) is 0 Å². The Morgan fingerprint density at radius 1 is 0.730 bits per heavy atom. The van der Waals surface area contributed by atoms with Gasteiger partial charge in [0.05, 0.1) is 10.1 Å². The highest BCUT2D eigenvalue weighted by Gasteiger charge is 2.29. The third-order valence-electron chi connectivity index (χ3n) is 6.23. The average molecular weight is 525 g/mol. The lowest BCUT2D eigenvalue weighted by Crippen LogP contribution is -2.46. The molecule has 0 radical (unpaired) electrons. The number of para-hydroxylation sites is 1. The van der Waals surface area contributed by atoms with Crippen LogP contribution in [0.25, 0.3) is 0 Å². The van der Waals surface area contributed by atoms with Gasteiger partial charge < -0.3 is 15.1 Å². The molecule has 1 aliphatic heterocycles. The normalized spacial score (nSPS) is 14.8. The molecule has 3 aromatic rings. The van der Waals surface area contributed by atoms with Gasteiger partial charge in [-0.05, 0) is 49.2 Å². The lowest BCUT2D eigenvalue weighted by atomic mass is 10.1. The summed E-state index contributed by atoms with van der Waals surface area (Å²) in [4.78, 5) is 23.5.